The Hall–Kier alpha value is -1.51. The van der Waals surface area contributed by atoms with Crippen molar-refractivity contribution in [1.82, 2.24) is 15.5 Å². The molecule has 2 N–H and O–H groups in total. The number of carbonyl (C=O) groups excluding carboxylic acids is 1. The van der Waals surface area contributed by atoms with Gasteiger partial charge in [-0.25, -0.2) is 0 Å². The number of hydrogen-bond donors (Lipinski definition) is 2. The van der Waals surface area contributed by atoms with Crippen LogP contribution in [0.4, 0.5) is 0 Å². The highest BCUT2D eigenvalue weighted by molar-refractivity contribution is 14.0. The van der Waals surface area contributed by atoms with Crippen LogP contribution in [0, 0.1) is 5.92 Å². The van der Waals surface area contributed by atoms with Gasteiger partial charge in [0.1, 0.15) is 5.75 Å². The number of nitrogens with zero attached hydrogens (tertiary/aromatic N) is 2. The number of hydrogen-bond acceptors (Lipinski definition) is 3. The fourth-order valence-electron chi connectivity index (χ4n) is 5.03. The zero-order chi connectivity index (χ0) is 20.8. The SMILES string of the molecule is CN=C(NCc1ccccc1OC1CCCC1)NC1CCN(C(=O)C2CCCC2)C1.I. The lowest BCUT2D eigenvalue weighted by Crippen LogP contribution is -2.45. The van der Waals surface area contributed by atoms with Gasteiger partial charge < -0.3 is 20.3 Å². The molecule has 2 saturated carbocycles. The highest BCUT2D eigenvalue weighted by Gasteiger charge is 2.32. The minimum Gasteiger partial charge on any atom is -0.490 e. The number of benzene rings is 1. The third kappa shape index (κ3) is 6.49. The van der Waals surface area contributed by atoms with Gasteiger partial charge >= 0.3 is 0 Å². The number of halogens is 1. The Bertz CT molecular complexity index is 745. The molecule has 1 aliphatic heterocycles. The van der Waals surface area contributed by atoms with Crippen LogP contribution in [-0.2, 0) is 11.3 Å². The lowest BCUT2D eigenvalue weighted by molar-refractivity contribution is -0.134. The smallest absolute Gasteiger partial charge is 0.225 e. The Morgan fingerprint density at radius 2 is 1.81 bits per heavy atom. The van der Waals surface area contributed by atoms with Crippen LogP contribution in [0.5, 0.6) is 5.75 Å². The van der Waals surface area contributed by atoms with E-state index in [1.165, 1.54) is 25.7 Å². The molecule has 172 valence electrons. The molecule has 0 bridgehead atoms. The van der Waals surface area contributed by atoms with Gasteiger partial charge in [0.2, 0.25) is 5.91 Å². The van der Waals surface area contributed by atoms with E-state index >= 15 is 0 Å². The van der Waals surface area contributed by atoms with Crippen molar-refractivity contribution in [2.24, 2.45) is 10.9 Å². The van der Waals surface area contributed by atoms with Crippen LogP contribution in [-0.4, -0.2) is 49.0 Å². The first-order valence-electron chi connectivity index (χ1n) is 11.7. The molecule has 7 heteroatoms. The molecule has 31 heavy (non-hydrogen) atoms. The molecular formula is C24H37IN4O2. The van der Waals surface area contributed by atoms with E-state index < -0.39 is 0 Å². The molecule has 3 fully saturated rings. The summed E-state index contributed by atoms with van der Waals surface area (Å²) in [5, 5.41) is 6.94. The summed E-state index contributed by atoms with van der Waals surface area (Å²) in [6, 6.07) is 8.52. The number of likely N-dealkylation sites (tertiary alicyclic amines) is 1. The lowest BCUT2D eigenvalue weighted by atomic mass is 10.1. The second kappa shape index (κ2) is 11.9. The number of guanidine groups is 1. The Kier molecular flexibility index (Phi) is 9.29. The van der Waals surface area contributed by atoms with Crippen LogP contribution in [0.25, 0.3) is 0 Å². The largest absolute Gasteiger partial charge is 0.490 e. The van der Waals surface area contributed by atoms with E-state index in [0.29, 0.717) is 18.6 Å². The zero-order valence-corrected chi connectivity index (χ0v) is 21.0. The molecule has 4 rings (SSSR count). The third-order valence-corrected chi connectivity index (χ3v) is 6.78. The number of rotatable bonds is 6. The Balaban J connectivity index is 0.00000272. The topological polar surface area (TPSA) is 66.0 Å². The molecule has 1 aromatic carbocycles. The normalized spacial score (nSPS) is 22.4. The lowest BCUT2D eigenvalue weighted by Gasteiger charge is -2.22. The monoisotopic (exact) mass is 540 g/mol. The summed E-state index contributed by atoms with van der Waals surface area (Å²) in [5.74, 6) is 2.38. The number of para-hydroxylation sites is 1. The molecule has 2 aliphatic carbocycles. The Morgan fingerprint density at radius 3 is 2.55 bits per heavy atom. The summed E-state index contributed by atoms with van der Waals surface area (Å²) in [6.45, 7) is 2.29. The molecule has 1 heterocycles. The van der Waals surface area contributed by atoms with Gasteiger partial charge in [0.05, 0.1) is 6.10 Å². The predicted octanol–water partition coefficient (Wildman–Crippen LogP) is 4.08. The van der Waals surface area contributed by atoms with Crippen LogP contribution in [0.1, 0.15) is 63.4 Å². The van der Waals surface area contributed by atoms with Gasteiger partial charge in [-0.05, 0) is 51.0 Å². The van der Waals surface area contributed by atoms with Gasteiger partial charge in [0, 0.05) is 44.2 Å². The first-order valence-corrected chi connectivity index (χ1v) is 11.7. The fourth-order valence-corrected chi connectivity index (χ4v) is 5.03. The summed E-state index contributed by atoms with van der Waals surface area (Å²) in [7, 11) is 1.80. The number of carbonyl (C=O) groups is 1. The van der Waals surface area contributed by atoms with Crippen molar-refractivity contribution in [1.29, 1.82) is 0 Å². The van der Waals surface area contributed by atoms with Crippen LogP contribution < -0.4 is 15.4 Å². The van der Waals surface area contributed by atoms with Gasteiger partial charge in [-0.15, -0.1) is 24.0 Å². The summed E-state index contributed by atoms with van der Waals surface area (Å²) >= 11 is 0. The minimum absolute atomic E-state index is 0. The summed E-state index contributed by atoms with van der Waals surface area (Å²) in [4.78, 5) is 19.1. The molecule has 3 aliphatic rings. The van der Waals surface area contributed by atoms with Crippen molar-refractivity contribution in [2.75, 3.05) is 20.1 Å². The highest BCUT2D eigenvalue weighted by Crippen LogP contribution is 2.28. The average molecular weight is 540 g/mol. The first-order chi connectivity index (χ1) is 14.7. The van der Waals surface area contributed by atoms with Crippen molar-refractivity contribution in [2.45, 2.75) is 76.5 Å². The quantitative estimate of drug-likeness (QED) is 0.324. The zero-order valence-electron chi connectivity index (χ0n) is 18.6. The molecule has 1 aromatic rings. The van der Waals surface area contributed by atoms with Gasteiger partial charge in [-0.1, -0.05) is 31.0 Å². The third-order valence-electron chi connectivity index (χ3n) is 6.78. The number of nitrogens with one attached hydrogen (secondary N) is 2. The molecule has 0 aromatic heterocycles. The van der Waals surface area contributed by atoms with E-state index in [9.17, 15) is 4.79 Å². The van der Waals surface area contributed by atoms with Crippen LogP contribution in [0.3, 0.4) is 0 Å². The van der Waals surface area contributed by atoms with Crippen LogP contribution >= 0.6 is 24.0 Å². The molecule has 1 atom stereocenters. The van der Waals surface area contributed by atoms with Crippen molar-refractivity contribution >= 4 is 35.8 Å². The van der Waals surface area contributed by atoms with E-state index in [4.69, 9.17) is 4.74 Å². The maximum atomic E-state index is 12.7. The molecule has 1 amide bonds. The average Bonchev–Trinajstić information content (AvgIpc) is 3.54. The van der Waals surface area contributed by atoms with E-state index in [1.54, 1.807) is 7.05 Å². The van der Waals surface area contributed by atoms with E-state index in [2.05, 4.69) is 33.8 Å². The standard InChI is InChI=1S/C24H36N4O2.HI/c1-25-24(27-20-14-15-28(17-20)23(29)18-8-2-3-9-18)26-16-19-10-4-7-13-22(19)30-21-11-5-6-12-21;/h4,7,10,13,18,20-21H,2-3,5-6,8-9,11-12,14-17H2,1H3,(H2,25,26,27);1H. The minimum atomic E-state index is 0. The van der Waals surface area contributed by atoms with E-state index in [-0.39, 0.29) is 35.9 Å². The van der Waals surface area contributed by atoms with Gasteiger partial charge in [0.25, 0.3) is 0 Å². The maximum Gasteiger partial charge on any atom is 0.225 e. The van der Waals surface area contributed by atoms with Crippen molar-refractivity contribution in [3.05, 3.63) is 29.8 Å². The van der Waals surface area contributed by atoms with E-state index in [1.807, 2.05) is 11.0 Å². The first kappa shape index (κ1) is 24.1. The summed E-state index contributed by atoms with van der Waals surface area (Å²) in [5.41, 5.74) is 1.15. The second-order valence-corrected chi connectivity index (χ2v) is 8.95. The molecule has 6 nitrogen and oxygen atoms in total. The van der Waals surface area contributed by atoms with E-state index in [0.717, 1.165) is 62.5 Å². The maximum absolute atomic E-state index is 12.7. The van der Waals surface area contributed by atoms with Crippen LogP contribution in [0.15, 0.2) is 29.3 Å². The number of aliphatic imine (C=N–C) groups is 1. The summed E-state index contributed by atoms with van der Waals surface area (Å²) < 4.78 is 6.25. The van der Waals surface area contributed by atoms with Gasteiger partial charge in [-0.2, -0.15) is 0 Å². The second-order valence-electron chi connectivity index (χ2n) is 8.95. The van der Waals surface area contributed by atoms with Crippen molar-refractivity contribution in [3.63, 3.8) is 0 Å². The predicted molar refractivity (Wildman–Crippen MR) is 135 cm³/mol. The number of ether oxygens (including phenoxy) is 1. The van der Waals surface area contributed by atoms with Gasteiger partial charge in [-0.3, -0.25) is 9.79 Å². The Labute approximate surface area is 203 Å². The highest BCUT2D eigenvalue weighted by atomic mass is 127. The molecule has 0 radical (unpaired) electrons. The van der Waals surface area contributed by atoms with Crippen molar-refractivity contribution < 1.29 is 9.53 Å². The molecular weight excluding hydrogens is 503 g/mol. The number of amides is 1. The van der Waals surface area contributed by atoms with Gasteiger partial charge in [0.15, 0.2) is 5.96 Å². The molecule has 0 spiro atoms. The molecule has 1 unspecified atom stereocenters. The fraction of sp³-hybridized carbons (Fsp3) is 0.667. The molecule has 1 saturated heterocycles. The Morgan fingerprint density at radius 1 is 1.10 bits per heavy atom. The summed E-state index contributed by atoms with van der Waals surface area (Å²) in [6.07, 6.45) is 10.7. The van der Waals surface area contributed by atoms with Crippen molar-refractivity contribution in [3.8, 4) is 5.75 Å². The van der Waals surface area contributed by atoms with Crippen LogP contribution in [0.2, 0.25) is 0 Å².